The minimum Gasteiger partial charge on any atom is -0.374 e. The van der Waals surface area contributed by atoms with E-state index in [1.165, 1.54) is 16.7 Å². The van der Waals surface area contributed by atoms with Crippen LogP contribution in [0.5, 0.6) is 0 Å². The number of carbonyl (C=O) groups excluding carboxylic acids is 1. The minimum atomic E-state index is -0.368. The van der Waals surface area contributed by atoms with Gasteiger partial charge in [0, 0.05) is 5.69 Å². The van der Waals surface area contributed by atoms with Gasteiger partial charge in [0.1, 0.15) is 6.04 Å². The fourth-order valence-electron chi connectivity index (χ4n) is 2.07. The number of nitrogens with one attached hydrogen (secondary N) is 2. The second-order valence-electron chi connectivity index (χ2n) is 5.81. The predicted molar refractivity (Wildman–Crippen MR) is 95.9 cm³/mol. The van der Waals surface area contributed by atoms with Gasteiger partial charge in [-0.05, 0) is 56.5 Å². The molecule has 1 amide bonds. The van der Waals surface area contributed by atoms with E-state index in [4.69, 9.17) is 0 Å². The molecule has 23 heavy (non-hydrogen) atoms. The molecule has 0 spiro atoms. The summed E-state index contributed by atoms with van der Waals surface area (Å²) in [5.41, 5.74) is 8.06. The first kappa shape index (κ1) is 16.7. The zero-order valence-corrected chi connectivity index (χ0v) is 14.1. The number of carbonyl (C=O) groups is 1. The van der Waals surface area contributed by atoms with Crippen LogP contribution in [0.2, 0.25) is 0 Å². The lowest BCUT2D eigenvalue weighted by Gasteiger charge is -2.14. The number of hydrogen-bond acceptors (Lipinski definition) is 3. The molecule has 2 aromatic rings. The van der Waals surface area contributed by atoms with Gasteiger partial charge in [0.15, 0.2) is 0 Å². The molecule has 2 aromatic carbocycles. The Morgan fingerprint density at radius 3 is 2.39 bits per heavy atom. The molecular formula is C19H23N3O. The van der Waals surface area contributed by atoms with Crippen LogP contribution < -0.4 is 10.7 Å². The first-order valence-electron chi connectivity index (χ1n) is 7.69. The zero-order valence-electron chi connectivity index (χ0n) is 14.1. The molecule has 0 fully saturated rings. The Labute approximate surface area is 137 Å². The molecule has 0 saturated carbocycles. The Bertz CT molecular complexity index is 705. The van der Waals surface area contributed by atoms with Crippen LogP contribution in [0.4, 0.5) is 5.69 Å². The number of nitrogens with zero attached hydrogens (tertiary/aromatic N) is 1. The zero-order chi connectivity index (χ0) is 16.8. The Balaban J connectivity index is 1.89. The first-order chi connectivity index (χ1) is 11.0. The van der Waals surface area contributed by atoms with Gasteiger partial charge in [-0.1, -0.05) is 35.9 Å². The molecule has 0 heterocycles. The van der Waals surface area contributed by atoms with Crippen molar-refractivity contribution in [3.05, 3.63) is 64.7 Å². The van der Waals surface area contributed by atoms with Crippen LogP contribution in [0.25, 0.3) is 0 Å². The number of benzene rings is 2. The fraction of sp³-hybridized carbons (Fsp3) is 0.263. The Kier molecular flexibility index (Phi) is 5.52. The summed E-state index contributed by atoms with van der Waals surface area (Å²) >= 11 is 0. The average Bonchev–Trinajstić information content (AvgIpc) is 2.52. The molecule has 0 aromatic heterocycles. The van der Waals surface area contributed by atoms with Gasteiger partial charge in [0.25, 0.3) is 5.91 Å². The number of hydrazone groups is 1. The second kappa shape index (κ2) is 7.58. The highest BCUT2D eigenvalue weighted by Gasteiger charge is 2.11. The van der Waals surface area contributed by atoms with Crippen molar-refractivity contribution >= 4 is 17.8 Å². The van der Waals surface area contributed by atoms with Crippen molar-refractivity contribution in [2.45, 2.75) is 33.7 Å². The van der Waals surface area contributed by atoms with Crippen molar-refractivity contribution < 1.29 is 4.79 Å². The van der Waals surface area contributed by atoms with E-state index >= 15 is 0 Å². The topological polar surface area (TPSA) is 53.5 Å². The van der Waals surface area contributed by atoms with Crippen LogP contribution in [-0.4, -0.2) is 18.2 Å². The average molecular weight is 309 g/mol. The number of amides is 1. The molecule has 1 atom stereocenters. The van der Waals surface area contributed by atoms with Crippen molar-refractivity contribution in [3.63, 3.8) is 0 Å². The second-order valence-corrected chi connectivity index (χ2v) is 5.81. The lowest BCUT2D eigenvalue weighted by atomic mass is 10.1. The Morgan fingerprint density at radius 1 is 1.04 bits per heavy atom. The lowest BCUT2D eigenvalue weighted by Crippen LogP contribution is -2.34. The third-order valence-corrected chi connectivity index (χ3v) is 3.75. The van der Waals surface area contributed by atoms with Crippen LogP contribution in [0.3, 0.4) is 0 Å². The van der Waals surface area contributed by atoms with E-state index in [0.717, 1.165) is 11.3 Å². The van der Waals surface area contributed by atoms with E-state index < -0.39 is 0 Å². The van der Waals surface area contributed by atoms with Gasteiger partial charge < -0.3 is 5.32 Å². The van der Waals surface area contributed by atoms with Gasteiger partial charge in [-0.25, -0.2) is 5.43 Å². The molecule has 0 aliphatic heterocycles. The molecule has 2 rings (SSSR count). The minimum absolute atomic E-state index is 0.174. The molecule has 0 aliphatic rings. The van der Waals surface area contributed by atoms with Crippen molar-refractivity contribution in [1.82, 2.24) is 5.43 Å². The highest BCUT2D eigenvalue weighted by Crippen LogP contribution is 2.15. The summed E-state index contributed by atoms with van der Waals surface area (Å²) in [6.07, 6.45) is 1.64. The summed E-state index contributed by atoms with van der Waals surface area (Å²) < 4.78 is 0. The summed E-state index contributed by atoms with van der Waals surface area (Å²) in [5.74, 6) is -0.174. The van der Waals surface area contributed by atoms with Crippen LogP contribution >= 0.6 is 0 Å². The summed E-state index contributed by atoms with van der Waals surface area (Å²) in [7, 11) is 0. The third kappa shape index (κ3) is 4.95. The summed E-state index contributed by atoms with van der Waals surface area (Å²) in [6, 6.07) is 13.6. The molecular weight excluding hydrogens is 286 g/mol. The Morgan fingerprint density at radius 2 is 1.74 bits per heavy atom. The lowest BCUT2D eigenvalue weighted by molar-refractivity contribution is -0.121. The smallest absolute Gasteiger partial charge is 0.262 e. The number of hydrogen-bond donors (Lipinski definition) is 2. The van der Waals surface area contributed by atoms with E-state index in [9.17, 15) is 4.79 Å². The quantitative estimate of drug-likeness (QED) is 0.655. The van der Waals surface area contributed by atoms with Crippen LogP contribution in [-0.2, 0) is 4.79 Å². The molecule has 2 N–H and O–H groups in total. The van der Waals surface area contributed by atoms with Crippen molar-refractivity contribution in [2.75, 3.05) is 5.32 Å². The van der Waals surface area contributed by atoms with Gasteiger partial charge in [0.2, 0.25) is 0 Å². The normalized spacial score (nSPS) is 12.2. The van der Waals surface area contributed by atoms with E-state index in [2.05, 4.69) is 29.7 Å². The number of rotatable bonds is 5. The van der Waals surface area contributed by atoms with Crippen molar-refractivity contribution in [2.24, 2.45) is 5.10 Å². The van der Waals surface area contributed by atoms with E-state index in [0.29, 0.717) is 0 Å². The maximum Gasteiger partial charge on any atom is 0.262 e. The van der Waals surface area contributed by atoms with Gasteiger partial charge in [-0.15, -0.1) is 0 Å². The summed E-state index contributed by atoms with van der Waals surface area (Å²) in [4.78, 5) is 12.1. The number of anilines is 1. The van der Waals surface area contributed by atoms with Crippen LogP contribution in [0, 0.1) is 20.8 Å². The van der Waals surface area contributed by atoms with Gasteiger partial charge in [0.05, 0.1) is 6.21 Å². The van der Waals surface area contributed by atoms with Crippen molar-refractivity contribution in [1.29, 1.82) is 0 Å². The molecule has 0 bridgehead atoms. The molecule has 0 radical (unpaired) electrons. The summed E-state index contributed by atoms with van der Waals surface area (Å²) in [6.45, 7) is 7.96. The van der Waals surface area contributed by atoms with E-state index in [1.807, 2.05) is 56.3 Å². The molecule has 120 valence electrons. The summed E-state index contributed by atoms with van der Waals surface area (Å²) in [5, 5.41) is 7.18. The highest BCUT2D eigenvalue weighted by atomic mass is 16.2. The predicted octanol–water partition coefficient (Wildman–Crippen LogP) is 3.56. The van der Waals surface area contributed by atoms with Gasteiger partial charge in [-0.3, -0.25) is 4.79 Å². The third-order valence-electron chi connectivity index (χ3n) is 3.75. The van der Waals surface area contributed by atoms with Crippen LogP contribution in [0.15, 0.2) is 47.6 Å². The monoisotopic (exact) mass is 309 g/mol. The van der Waals surface area contributed by atoms with E-state index in [-0.39, 0.29) is 11.9 Å². The highest BCUT2D eigenvalue weighted by molar-refractivity contribution is 5.86. The SMILES string of the molecule is Cc1ccc(/C=N\NC(=O)[C@H](C)Nc2ccc(C)c(C)c2)cc1. The maximum atomic E-state index is 12.1. The molecule has 4 heteroatoms. The molecule has 0 saturated heterocycles. The number of aryl methyl sites for hydroxylation is 3. The standard InChI is InChI=1S/C19H23N3O/c1-13-5-8-17(9-6-13)12-20-22-19(23)16(4)21-18-10-7-14(2)15(3)11-18/h5-12,16,21H,1-4H3,(H,22,23)/b20-12-/t16-/m0/s1. The largest absolute Gasteiger partial charge is 0.374 e. The maximum absolute atomic E-state index is 12.1. The molecule has 0 unspecified atom stereocenters. The molecule has 0 aliphatic carbocycles. The molecule has 4 nitrogen and oxygen atoms in total. The Hall–Kier alpha value is -2.62. The van der Waals surface area contributed by atoms with Gasteiger partial charge >= 0.3 is 0 Å². The van der Waals surface area contributed by atoms with E-state index in [1.54, 1.807) is 6.21 Å². The fourth-order valence-corrected chi connectivity index (χ4v) is 2.07. The van der Waals surface area contributed by atoms with Crippen LogP contribution in [0.1, 0.15) is 29.2 Å². The van der Waals surface area contributed by atoms with Gasteiger partial charge in [-0.2, -0.15) is 5.10 Å². The van der Waals surface area contributed by atoms with Crippen molar-refractivity contribution in [3.8, 4) is 0 Å². The first-order valence-corrected chi connectivity index (χ1v) is 7.69.